The molecule has 0 rings (SSSR count). The summed E-state index contributed by atoms with van der Waals surface area (Å²) in [5, 5.41) is 0. The van der Waals surface area contributed by atoms with Crippen molar-refractivity contribution in [2.24, 2.45) is 0 Å². The molecule has 0 aliphatic carbocycles. The highest BCUT2D eigenvalue weighted by Crippen LogP contribution is 2.24. The molecule has 88 valence electrons. The highest BCUT2D eigenvalue weighted by Gasteiger charge is 2.05. The first-order chi connectivity index (χ1) is 7.07. The largest absolute Gasteiger partial charge is 0.508 e. The van der Waals surface area contributed by atoms with E-state index in [-0.39, 0.29) is 6.61 Å². The van der Waals surface area contributed by atoms with Crippen molar-refractivity contribution in [2.75, 3.05) is 19.1 Å². The van der Waals surface area contributed by atoms with Gasteiger partial charge in [-0.1, -0.05) is 0 Å². The summed E-state index contributed by atoms with van der Waals surface area (Å²) in [5.41, 5.74) is 0. The van der Waals surface area contributed by atoms with E-state index in [4.69, 9.17) is 21.1 Å². The monoisotopic (exact) mass is 522 g/mol. The van der Waals surface area contributed by atoms with Crippen LogP contribution < -0.4 is 0 Å². The minimum absolute atomic E-state index is 0.235. The molecule has 0 aromatic heterocycles. The quantitative estimate of drug-likeness (QED) is 0.221. The van der Waals surface area contributed by atoms with Crippen molar-refractivity contribution in [1.82, 2.24) is 0 Å². The van der Waals surface area contributed by atoms with Gasteiger partial charge in [0.15, 0.2) is 0 Å². The van der Waals surface area contributed by atoms with Gasteiger partial charge < -0.3 is 9.47 Å². The average molecular weight is 523 g/mol. The van der Waals surface area contributed by atoms with Gasteiger partial charge in [0.05, 0.1) is 9.10 Å². The van der Waals surface area contributed by atoms with Crippen LogP contribution in [0.2, 0.25) is 0 Å². The third-order valence-electron chi connectivity index (χ3n) is 1.27. The number of hydrogen-bond donors (Lipinski definition) is 0. The molecule has 0 amide bonds. The van der Waals surface area contributed by atoms with Crippen LogP contribution in [0.3, 0.4) is 0 Å². The lowest BCUT2D eigenvalue weighted by Crippen LogP contribution is -2.09. The third kappa shape index (κ3) is 10.1. The van der Waals surface area contributed by atoms with Crippen molar-refractivity contribution < 1.29 is 14.3 Å². The maximum atomic E-state index is 11.0. The van der Waals surface area contributed by atoms with Gasteiger partial charge in [-0.15, -0.1) is 11.6 Å². The molecule has 15 heavy (non-hydrogen) atoms. The summed E-state index contributed by atoms with van der Waals surface area (Å²) in [7, 11) is 0. The van der Waals surface area contributed by atoms with Gasteiger partial charge in [-0.2, -0.15) is 0 Å². The molecular formula is C8H10BrClI2O3. The molecule has 0 bridgehead atoms. The number of hydrogen-bond acceptors (Lipinski definition) is 3. The predicted octanol–water partition coefficient (Wildman–Crippen LogP) is 4.59. The molecule has 0 aliphatic heterocycles. The molecule has 0 aromatic carbocycles. The first kappa shape index (κ1) is 16.2. The first-order valence-electron chi connectivity index (χ1n) is 4.13. The number of carbonyl (C=O) groups excluding carboxylic acids is 1. The van der Waals surface area contributed by atoms with Crippen molar-refractivity contribution in [3.8, 4) is 0 Å². The van der Waals surface area contributed by atoms with E-state index in [1.807, 2.05) is 0 Å². The second-order valence-corrected chi connectivity index (χ2v) is 7.48. The van der Waals surface area contributed by atoms with Crippen LogP contribution in [-0.4, -0.2) is 25.2 Å². The number of alkyl halides is 1. The average Bonchev–Trinajstić information content (AvgIpc) is 2.20. The molecule has 0 saturated carbocycles. The smallest absolute Gasteiger partial charge is 0.434 e. The van der Waals surface area contributed by atoms with Crippen molar-refractivity contribution in [1.29, 1.82) is 0 Å². The number of rotatable bonds is 6. The lowest BCUT2D eigenvalue weighted by molar-refractivity contribution is 0.0621. The number of unbranched alkanes of at least 4 members (excludes halogenated alkanes) is 1. The zero-order valence-corrected chi connectivity index (χ0v) is 14.4. The topological polar surface area (TPSA) is 35.5 Å². The molecule has 0 heterocycles. The molecule has 0 N–H and O–H groups in total. The van der Waals surface area contributed by atoms with Gasteiger partial charge in [-0.3, -0.25) is 0 Å². The molecule has 3 nitrogen and oxygen atoms in total. The Balaban J connectivity index is 3.54. The van der Waals surface area contributed by atoms with E-state index in [1.165, 1.54) is 0 Å². The maximum absolute atomic E-state index is 11.0. The molecule has 0 fully saturated rings. The van der Waals surface area contributed by atoms with Gasteiger partial charge in [-0.05, 0) is 74.0 Å². The van der Waals surface area contributed by atoms with Crippen LogP contribution >= 0.6 is 72.7 Å². The molecule has 0 radical (unpaired) electrons. The Kier molecular flexibility index (Phi) is 11.3. The molecular weight excluding hydrogens is 513 g/mol. The van der Waals surface area contributed by atoms with E-state index >= 15 is 0 Å². The van der Waals surface area contributed by atoms with E-state index in [1.54, 1.807) is 0 Å². The molecule has 0 unspecified atom stereocenters. The van der Waals surface area contributed by atoms with Crippen LogP contribution in [0.4, 0.5) is 4.79 Å². The Morgan fingerprint density at radius 3 is 2.47 bits per heavy atom. The zero-order chi connectivity index (χ0) is 11.7. The number of halogens is 4. The Labute approximate surface area is 130 Å². The second kappa shape index (κ2) is 10.4. The van der Waals surface area contributed by atoms with Crippen molar-refractivity contribution >= 4 is 78.9 Å². The zero-order valence-electron chi connectivity index (χ0n) is 7.77. The van der Waals surface area contributed by atoms with Gasteiger partial charge in [-0.25, -0.2) is 4.79 Å². The van der Waals surface area contributed by atoms with Crippen LogP contribution in [0.25, 0.3) is 0 Å². The highest BCUT2D eigenvalue weighted by atomic mass is 127. The summed E-state index contributed by atoms with van der Waals surface area (Å²) in [6.45, 7) is 0.593. The van der Waals surface area contributed by atoms with E-state index < -0.39 is 6.16 Å². The predicted molar refractivity (Wildman–Crippen MR) is 81.2 cm³/mol. The molecule has 0 saturated heterocycles. The minimum atomic E-state index is -0.635. The summed E-state index contributed by atoms with van der Waals surface area (Å²) in [6, 6.07) is 0. The summed E-state index contributed by atoms with van der Waals surface area (Å²) in [5.74, 6) is 0.584. The third-order valence-corrected chi connectivity index (χ3v) is 5.29. The SMILES string of the molecule is O=C(OCCCCCl)OC/C(I)=C(\Br)I. The lowest BCUT2D eigenvalue weighted by Gasteiger charge is -2.05. The fourth-order valence-corrected chi connectivity index (χ4v) is 1.19. The summed E-state index contributed by atoms with van der Waals surface area (Å²) in [6.07, 6.45) is 0.969. The lowest BCUT2D eigenvalue weighted by atomic mass is 10.4. The van der Waals surface area contributed by atoms with Gasteiger partial charge in [0, 0.05) is 9.46 Å². The molecule has 0 atom stereocenters. The van der Waals surface area contributed by atoms with Crippen molar-refractivity contribution in [3.63, 3.8) is 0 Å². The Bertz CT molecular complexity index is 232. The Morgan fingerprint density at radius 2 is 1.93 bits per heavy atom. The number of ether oxygens (including phenoxy) is 2. The highest BCUT2D eigenvalue weighted by molar-refractivity contribution is 14.1. The van der Waals surface area contributed by atoms with Crippen molar-refractivity contribution in [3.05, 3.63) is 6.07 Å². The van der Waals surface area contributed by atoms with Crippen LogP contribution in [0.5, 0.6) is 0 Å². The standard InChI is InChI=1S/C8H10BrClI2O3/c9-7(12)6(11)5-15-8(13)14-4-2-1-3-10/h1-5H2/b7-6-. The molecule has 0 spiro atoms. The fraction of sp³-hybridized carbons (Fsp3) is 0.625. The minimum Gasteiger partial charge on any atom is -0.434 e. The van der Waals surface area contributed by atoms with Gasteiger partial charge in [0.25, 0.3) is 0 Å². The summed E-state index contributed by atoms with van der Waals surface area (Å²) in [4.78, 5) is 11.0. The normalized spacial score (nSPS) is 12.0. The van der Waals surface area contributed by atoms with Crippen LogP contribution in [0, 0.1) is 0 Å². The number of carbonyl (C=O) groups is 1. The molecule has 0 aliphatic rings. The van der Waals surface area contributed by atoms with Crippen LogP contribution in [-0.2, 0) is 9.47 Å². The maximum Gasteiger partial charge on any atom is 0.508 e. The van der Waals surface area contributed by atoms with E-state index in [0.717, 1.165) is 18.9 Å². The molecule has 0 aromatic rings. The first-order valence-corrected chi connectivity index (χ1v) is 7.61. The van der Waals surface area contributed by atoms with E-state index in [9.17, 15) is 4.79 Å². The molecule has 7 heteroatoms. The Hall–Kier alpha value is 1.24. The van der Waals surface area contributed by atoms with Gasteiger partial charge in [0.2, 0.25) is 0 Å². The van der Waals surface area contributed by atoms with Crippen LogP contribution in [0.15, 0.2) is 6.07 Å². The van der Waals surface area contributed by atoms with E-state index in [0.29, 0.717) is 12.5 Å². The van der Waals surface area contributed by atoms with E-state index in [2.05, 4.69) is 61.1 Å². The second-order valence-electron chi connectivity index (χ2n) is 2.45. The van der Waals surface area contributed by atoms with Gasteiger partial charge in [0.1, 0.15) is 6.61 Å². The fourth-order valence-electron chi connectivity index (χ4n) is 0.571. The summed E-state index contributed by atoms with van der Waals surface area (Å²) >= 11 is 12.9. The summed E-state index contributed by atoms with van der Waals surface area (Å²) < 4.78 is 11.5. The van der Waals surface area contributed by atoms with Crippen molar-refractivity contribution in [2.45, 2.75) is 12.8 Å². The Morgan fingerprint density at radius 1 is 1.27 bits per heavy atom. The van der Waals surface area contributed by atoms with Gasteiger partial charge >= 0.3 is 6.16 Å². The van der Waals surface area contributed by atoms with Crippen LogP contribution in [0.1, 0.15) is 12.8 Å².